The van der Waals surface area contributed by atoms with E-state index in [0.29, 0.717) is 49.0 Å². The summed E-state index contributed by atoms with van der Waals surface area (Å²) in [4.78, 5) is 16.5. The summed E-state index contributed by atoms with van der Waals surface area (Å²) in [5, 5.41) is 7.99. The second kappa shape index (κ2) is 10.7. The molecule has 0 spiro atoms. The van der Waals surface area contributed by atoms with Crippen molar-refractivity contribution in [2.45, 2.75) is 6.42 Å². The lowest BCUT2D eigenvalue weighted by Gasteiger charge is -2.28. The number of rotatable bonds is 8. The number of anilines is 2. The predicted octanol–water partition coefficient (Wildman–Crippen LogP) is 4.31. The van der Waals surface area contributed by atoms with Gasteiger partial charge in [0, 0.05) is 29.6 Å². The zero-order chi connectivity index (χ0) is 27.7. The van der Waals surface area contributed by atoms with E-state index in [-0.39, 0.29) is 23.4 Å². The molecule has 0 amide bonds. The molecule has 1 saturated heterocycles. The van der Waals surface area contributed by atoms with Gasteiger partial charge in [0.05, 0.1) is 54.3 Å². The van der Waals surface area contributed by atoms with E-state index in [2.05, 4.69) is 19.8 Å². The van der Waals surface area contributed by atoms with Crippen LogP contribution >= 0.6 is 0 Å². The summed E-state index contributed by atoms with van der Waals surface area (Å²) in [6, 6.07) is 13.5. The fourth-order valence-corrected chi connectivity index (χ4v) is 5.78. The molecule has 0 atom stereocenters. The van der Waals surface area contributed by atoms with Crippen LogP contribution in [0.1, 0.15) is 6.42 Å². The Kier molecular flexibility index (Phi) is 6.98. The van der Waals surface area contributed by atoms with E-state index >= 15 is 4.39 Å². The maximum absolute atomic E-state index is 15.6. The Balaban J connectivity index is 1.46. The first kappa shape index (κ1) is 26.0. The first-order valence-corrected chi connectivity index (χ1v) is 14.4. The smallest absolute Gasteiger partial charge is 0.232 e. The van der Waals surface area contributed by atoms with Crippen molar-refractivity contribution in [2.24, 2.45) is 0 Å². The van der Waals surface area contributed by atoms with Crippen molar-refractivity contribution in [3.8, 4) is 22.6 Å². The predicted molar refractivity (Wildman–Crippen MR) is 149 cm³/mol. The average Bonchev–Trinajstić information content (AvgIpc) is 3.46. The SMILES string of the molecule is O=S(=O)(CCCF)Nc1cccc(-c2ccc3nc(-c4cccc5[nH]ncc45)nc(N4CCOCC4)c3n2)c1F. The number of aromatic nitrogens is 5. The Labute approximate surface area is 228 Å². The summed E-state index contributed by atoms with van der Waals surface area (Å²) in [6.45, 7) is 1.46. The summed E-state index contributed by atoms with van der Waals surface area (Å²) < 4.78 is 60.4. The lowest BCUT2D eigenvalue weighted by atomic mass is 10.1. The van der Waals surface area contributed by atoms with Crippen molar-refractivity contribution in [2.75, 3.05) is 48.4 Å². The number of morpholine rings is 1. The monoisotopic (exact) mass is 565 g/mol. The highest BCUT2D eigenvalue weighted by molar-refractivity contribution is 7.92. The van der Waals surface area contributed by atoms with Gasteiger partial charge in [-0.15, -0.1) is 0 Å². The number of alkyl halides is 1. The van der Waals surface area contributed by atoms with Crippen molar-refractivity contribution in [3.63, 3.8) is 0 Å². The van der Waals surface area contributed by atoms with Crippen LogP contribution in [0.5, 0.6) is 0 Å². The molecular formula is C27H25F2N7O3S. The fraction of sp³-hybridized carbons (Fsp3) is 0.259. The molecule has 206 valence electrons. The van der Waals surface area contributed by atoms with Crippen LogP contribution in [-0.4, -0.2) is 72.3 Å². The number of hydrogen-bond donors (Lipinski definition) is 2. The molecule has 1 aliphatic rings. The fourth-order valence-electron chi connectivity index (χ4n) is 4.70. The van der Waals surface area contributed by atoms with Crippen molar-refractivity contribution in [1.82, 2.24) is 25.1 Å². The van der Waals surface area contributed by atoms with Gasteiger partial charge in [-0.3, -0.25) is 14.2 Å². The van der Waals surface area contributed by atoms with E-state index in [9.17, 15) is 12.8 Å². The number of sulfonamides is 1. The van der Waals surface area contributed by atoms with Gasteiger partial charge in [-0.1, -0.05) is 18.2 Å². The number of nitrogens with zero attached hydrogens (tertiary/aromatic N) is 5. The third-order valence-corrected chi connectivity index (χ3v) is 8.00. The van der Waals surface area contributed by atoms with Gasteiger partial charge in [0.2, 0.25) is 10.0 Å². The molecule has 10 nitrogen and oxygen atoms in total. The van der Waals surface area contributed by atoms with Crippen molar-refractivity contribution in [3.05, 3.63) is 60.5 Å². The van der Waals surface area contributed by atoms with Crippen molar-refractivity contribution < 1.29 is 21.9 Å². The number of pyridine rings is 1. The Morgan fingerprint density at radius 1 is 1.00 bits per heavy atom. The van der Waals surface area contributed by atoms with Crippen LogP contribution < -0.4 is 9.62 Å². The zero-order valence-electron chi connectivity index (χ0n) is 21.3. The minimum Gasteiger partial charge on any atom is -0.378 e. The molecule has 1 fully saturated rings. The molecule has 2 N–H and O–H groups in total. The van der Waals surface area contributed by atoms with Crippen LogP contribution in [0.3, 0.4) is 0 Å². The second-order valence-corrected chi connectivity index (χ2v) is 11.1. The van der Waals surface area contributed by atoms with Gasteiger partial charge in [-0.25, -0.2) is 27.8 Å². The van der Waals surface area contributed by atoms with E-state index in [1.165, 1.54) is 18.2 Å². The molecule has 0 radical (unpaired) electrons. The largest absolute Gasteiger partial charge is 0.378 e. The van der Waals surface area contributed by atoms with Gasteiger partial charge >= 0.3 is 0 Å². The normalized spacial score (nSPS) is 14.2. The molecule has 6 rings (SSSR count). The standard InChI is InChI=1S/C27H25F2N7O3S/c28-10-3-15-40(37,38)35-22-7-2-5-18(24(22)29)20-8-9-23-25(31-20)27(36-11-13-39-14-12-36)33-26(32-23)17-4-1-6-21-19(17)16-30-34-21/h1-2,4-9,16,35H,3,10-15H2,(H,30,34). The Morgan fingerprint density at radius 2 is 1.80 bits per heavy atom. The lowest BCUT2D eigenvalue weighted by molar-refractivity contribution is 0.122. The molecule has 3 aromatic heterocycles. The highest BCUT2D eigenvalue weighted by atomic mass is 32.2. The van der Waals surface area contributed by atoms with Crippen molar-refractivity contribution in [1.29, 1.82) is 0 Å². The van der Waals surface area contributed by atoms with Crippen LogP contribution in [0, 0.1) is 5.82 Å². The average molecular weight is 566 g/mol. The maximum atomic E-state index is 15.6. The molecule has 5 aromatic rings. The lowest BCUT2D eigenvalue weighted by Crippen LogP contribution is -2.37. The van der Waals surface area contributed by atoms with Gasteiger partial charge in [0.25, 0.3) is 0 Å². The number of aromatic amines is 1. The molecule has 13 heteroatoms. The highest BCUT2D eigenvalue weighted by Crippen LogP contribution is 2.33. The molecule has 0 unspecified atom stereocenters. The minimum absolute atomic E-state index is 0.104. The van der Waals surface area contributed by atoms with Gasteiger partial charge in [0.1, 0.15) is 5.52 Å². The van der Waals surface area contributed by atoms with Crippen LogP contribution in [-0.2, 0) is 14.8 Å². The topological polar surface area (TPSA) is 126 Å². The van der Waals surface area contributed by atoms with Crippen LogP contribution in [0.15, 0.2) is 54.7 Å². The summed E-state index contributed by atoms with van der Waals surface area (Å²) in [5.74, 6) is -0.132. The number of H-pyrrole nitrogens is 1. The number of hydrogen-bond acceptors (Lipinski definition) is 8. The molecule has 0 bridgehead atoms. The maximum Gasteiger partial charge on any atom is 0.232 e. The summed E-state index contributed by atoms with van der Waals surface area (Å²) in [7, 11) is -3.91. The number of fused-ring (bicyclic) bond motifs is 2. The number of nitrogens with one attached hydrogen (secondary N) is 2. The van der Waals surface area contributed by atoms with Gasteiger partial charge in [-0.2, -0.15) is 5.10 Å². The summed E-state index contributed by atoms with van der Waals surface area (Å²) >= 11 is 0. The Hall–Kier alpha value is -4.23. The highest BCUT2D eigenvalue weighted by Gasteiger charge is 2.22. The molecule has 1 aliphatic heterocycles. The molecule has 4 heterocycles. The summed E-state index contributed by atoms with van der Waals surface area (Å²) in [6.07, 6.45) is 1.56. The van der Waals surface area contributed by atoms with E-state index in [0.717, 1.165) is 16.5 Å². The number of benzene rings is 2. The second-order valence-electron chi connectivity index (χ2n) is 9.30. The van der Waals surface area contributed by atoms with Gasteiger partial charge < -0.3 is 9.64 Å². The molecule has 2 aromatic carbocycles. The molecular weight excluding hydrogens is 540 g/mol. The Morgan fingerprint density at radius 3 is 2.62 bits per heavy atom. The minimum atomic E-state index is -3.91. The van der Waals surface area contributed by atoms with Crippen LogP contribution in [0.2, 0.25) is 0 Å². The van der Waals surface area contributed by atoms with E-state index in [1.807, 2.05) is 18.2 Å². The third kappa shape index (κ3) is 5.05. The van der Waals surface area contributed by atoms with Gasteiger partial charge in [-0.05, 0) is 36.8 Å². The van der Waals surface area contributed by atoms with Gasteiger partial charge in [0.15, 0.2) is 17.5 Å². The Bertz CT molecular complexity index is 1810. The zero-order valence-corrected chi connectivity index (χ0v) is 22.1. The third-order valence-electron chi connectivity index (χ3n) is 6.65. The van der Waals surface area contributed by atoms with Crippen LogP contribution in [0.25, 0.3) is 44.6 Å². The number of ether oxygens (including phenoxy) is 1. The quantitative estimate of drug-likeness (QED) is 0.285. The van der Waals surface area contributed by atoms with Crippen molar-refractivity contribution >= 4 is 43.5 Å². The molecule has 0 aliphatic carbocycles. The number of halogens is 2. The summed E-state index contributed by atoms with van der Waals surface area (Å²) in [5.41, 5.74) is 2.88. The van der Waals surface area contributed by atoms with E-state index < -0.39 is 28.3 Å². The first-order valence-electron chi connectivity index (χ1n) is 12.7. The van der Waals surface area contributed by atoms with E-state index in [4.69, 9.17) is 19.7 Å². The molecule has 0 saturated carbocycles. The van der Waals surface area contributed by atoms with E-state index in [1.54, 1.807) is 18.3 Å². The molecule has 40 heavy (non-hydrogen) atoms. The van der Waals surface area contributed by atoms with Crippen LogP contribution in [0.4, 0.5) is 20.3 Å². The first-order chi connectivity index (χ1) is 19.4.